The van der Waals surface area contributed by atoms with E-state index in [4.69, 9.17) is 0 Å². The summed E-state index contributed by atoms with van der Waals surface area (Å²) in [6, 6.07) is 6.36. The van der Waals surface area contributed by atoms with Crippen molar-refractivity contribution in [1.82, 2.24) is 4.90 Å². The van der Waals surface area contributed by atoms with Gasteiger partial charge in [-0.25, -0.2) is 4.39 Å². The third kappa shape index (κ3) is 2.83. The predicted molar refractivity (Wildman–Crippen MR) is 81.1 cm³/mol. The third-order valence-corrected chi connectivity index (χ3v) is 4.94. The fraction of sp³-hybridized carbons (Fsp3) is 0.375. The lowest BCUT2D eigenvalue weighted by Crippen LogP contribution is -2.36. The van der Waals surface area contributed by atoms with Gasteiger partial charge >= 0.3 is 0 Å². The topological polar surface area (TPSA) is 37.4 Å². The van der Waals surface area contributed by atoms with Crippen molar-refractivity contribution in [2.75, 3.05) is 6.54 Å². The summed E-state index contributed by atoms with van der Waals surface area (Å²) in [5, 5.41) is 0.882. The minimum Gasteiger partial charge on any atom is -0.335 e. The highest BCUT2D eigenvalue weighted by molar-refractivity contribution is 7.20. The molecule has 0 bridgehead atoms. The predicted octanol–water partition coefficient (Wildman–Crippen LogP) is 3.62. The van der Waals surface area contributed by atoms with Crippen LogP contribution in [0.15, 0.2) is 24.3 Å². The van der Waals surface area contributed by atoms with E-state index < -0.39 is 0 Å². The van der Waals surface area contributed by atoms with Crippen LogP contribution in [0.2, 0.25) is 0 Å². The lowest BCUT2D eigenvalue weighted by Gasteiger charge is -2.23. The molecule has 0 N–H and O–H groups in total. The molecular formula is C16H16FNO2S. The first-order chi connectivity index (χ1) is 10.0. The van der Waals surface area contributed by atoms with Crippen molar-refractivity contribution in [3.63, 3.8) is 0 Å². The number of amides is 1. The Balaban J connectivity index is 1.87. The highest BCUT2D eigenvalue weighted by Gasteiger charge is 2.30. The minimum absolute atomic E-state index is 0.0111. The van der Waals surface area contributed by atoms with Crippen molar-refractivity contribution in [3.8, 4) is 0 Å². The van der Waals surface area contributed by atoms with E-state index in [2.05, 4.69) is 0 Å². The summed E-state index contributed by atoms with van der Waals surface area (Å²) < 4.78 is 14.0. The lowest BCUT2D eigenvalue weighted by atomic mass is 10.1. The van der Waals surface area contributed by atoms with Gasteiger partial charge in [-0.15, -0.1) is 11.3 Å². The van der Waals surface area contributed by atoms with Crippen LogP contribution in [-0.4, -0.2) is 29.2 Å². The number of carbonyl (C=O) groups excluding carboxylic acids is 2. The van der Waals surface area contributed by atoms with Gasteiger partial charge in [0.2, 0.25) is 0 Å². The van der Waals surface area contributed by atoms with Crippen LogP contribution in [-0.2, 0) is 4.79 Å². The van der Waals surface area contributed by atoms with E-state index in [1.54, 1.807) is 17.9 Å². The van der Waals surface area contributed by atoms with E-state index in [9.17, 15) is 14.0 Å². The van der Waals surface area contributed by atoms with Gasteiger partial charge in [0, 0.05) is 23.7 Å². The number of thiophene rings is 1. The fourth-order valence-electron chi connectivity index (χ4n) is 2.90. The van der Waals surface area contributed by atoms with Gasteiger partial charge in [-0.1, -0.05) is 6.07 Å². The Morgan fingerprint density at radius 2 is 2.19 bits per heavy atom. The molecule has 0 aliphatic carbocycles. The first kappa shape index (κ1) is 14.2. The first-order valence-electron chi connectivity index (χ1n) is 7.04. The number of benzene rings is 1. The Morgan fingerprint density at radius 1 is 1.38 bits per heavy atom. The normalized spacial score (nSPS) is 18.4. The molecule has 1 saturated heterocycles. The molecule has 2 aromatic rings. The maximum Gasteiger partial charge on any atom is 0.264 e. The molecule has 1 amide bonds. The molecule has 3 nitrogen and oxygen atoms in total. The Labute approximate surface area is 126 Å². The molecule has 3 rings (SSSR count). The second-order valence-corrected chi connectivity index (χ2v) is 6.58. The van der Waals surface area contributed by atoms with Crippen molar-refractivity contribution >= 4 is 33.1 Å². The molecule has 1 aromatic heterocycles. The van der Waals surface area contributed by atoms with Crippen LogP contribution in [0.4, 0.5) is 4.39 Å². The van der Waals surface area contributed by atoms with E-state index in [1.807, 2.05) is 6.07 Å². The molecule has 1 aliphatic heterocycles. The number of nitrogens with zero attached hydrogens (tertiary/aromatic N) is 1. The zero-order valence-electron chi connectivity index (χ0n) is 11.8. The number of carbonyl (C=O) groups is 2. The molecule has 1 fully saturated rings. The number of hydrogen-bond acceptors (Lipinski definition) is 3. The van der Waals surface area contributed by atoms with Gasteiger partial charge in [-0.2, -0.15) is 0 Å². The molecule has 1 aliphatic rings. The third-order valence-electron chi connectivity index (χ3n) is 3.85. The highest BCUT2D eigenvalue weighted by Crippen LogP contribution is 2.30. The van der Waals surface area contributed by atoms with Crippen LogP contribution in [0.3, 0.4) is 0 Å². The Morgan fingerprint density at radius 3 is 2.95 bits per heavy atom. The summed E-state index contributed by atoms with van der Waals surface area (Å²) >= 11 is 1.31. The summed E-state index contributed by atoms with van der Waals surface area (Å²) in [5.41, 5.74) is 0. The van der Waals surface area contributed by atoms with Crippen molar-refractivity contribution in [1.29, 1.82) is 0 Å². The van der Waals surface area contributed by atoms with Crippen LogP contribution in [0.5, 0.6) is 0 Å². The van der Waals surface area contributed by atoms with Crippen LogP contribution in [0.1, 0.15) is 35.9 Å². The number of Topliss-reactive ketones (excluding diaryl/α,β-unsaturated/α-hetero) is 1. The minimum atomic E-state index is -0.293. The molecule has 2 heterocycles. The Hall–Kier alpha value is -1.75. The van der Waals surface area contributed by atoms with Crippen molar-refractivity contribution < 1.29 is 14.0 Å². The largest absolute Gasteiger partial charge is 0.335 e. The highest BCUT2D eigenvalue weighted by atomic mass is 32.1. The van der Waals surface area contributed by atoms with Gasteiger partial charge in [-0.3, -0.25) is 9.59 Å². The number of fused-ring (bicyclic) bond motifs is 1. The molecular weight excluding hydrogens is 289 g/mol. The quantitative estimate of drug-likeness (QED) is 0.868. The maximum atomic E-state index is 13.2. The van der Waals surface area contributed by atoms with Crippen LogP contribution < -0.4 is 0 Å². The van der Waals surface area contributed by atoms with E-state index in [-0.39, 0.29) is 23.5 Å². The fourth-order valence-corrected chi connectivity index (χ4v) is 3.94. The summed E-state index contributed by atoms with van der Waals surface area (Å²) in [4.78, 5) is 26.3. The number of hydrogen-bond donors (Lipinski definition) is 0. The van der Waals surface area contributed by atoms with Gasteiger partial charge in [0.05, 0.1) is 4.88 Å². The summed E-state index contributed by atoms with van der Waals surface area (Å²) in [6.45, 7) is 2.25. The number of ketones is 1. The molecule has 0 radical (unpaired) electrons. The molecule has 110 valence electrons. The van der Waals surface area contributed by atoms with E-state index in [0.29, 0.717) is 17.8 Å². The average molecular weight is 305 g/mol. The summed E-state index contributed by atoms with van der Waals surface area (Å²) in [7, 11) is 0. The van der Waals surface area contributed by atoms with Crippen molar-refractivity contribution in [3.05, 3.63) is 35.0 Å². The molecule has 5 heteroatoms. The molecule has 0 spiro atoms. The number of halogens is 1. The summed E-state index contributed by atoms with van der Waals surface area (Å²) in [6.07, 6.45) is 2.24. The van der Waals surface area contributed by atoms with Gasteiger partial charge in [0.15, 0.2) is 0 Å². The molecule has 21 heavy (non-hydrogen) atoms. The maximum absolute atomic E-state index is 13.2. The second-order valence-electron chi connectivity index (χ2n) is 5.49. The molecule has 1 unspecified atom stereocenters. The average Bonchev–Trinajstić information content (AvgIpc) is 3.03. The van der Waals surface area contributed by atoms with Crippen LogP contribution >= 0.6 is 11.3 Å². The van der Waals surface area contributed by atoms with Crippen LogP contribution in [0.25, 0.3) is 10.1 Å². The van der Waals surface area contributed by atoms with E-state index in [1.165, 1.54) is 23.5 Å². The zero-order chi connectivity index (χ0) is 15.0. The Kier molecular flexibility index (Phi) is 3.76. The number of rotatable bonds is 3. The van der Waals surface area contributed by atoms with Gasteiger partial charge in [0.1, 0.15) is 11.6 Å². The van der Waals surface area contributed by atoms with Crippen LogP contribution in [0, 0.1) is 5.82 Å². The molecule has 1 atom stereocenters. The van der Waals surface area contributed by atoms with Crippen molar-refractivity contribution in [2.24, 2.45) is 0 Å². The SMILES string of the molecule is CC(=O)CC1CCCN1C(=O)c1cc2ccc(F)cc2s1. The monoisotopic (exact) mass is 305 g/mol. The van der Waals surface area contributed by atoms with Gasteiger partial charge in [-0.05, 0) is 43.4 Å². The molecule has 0 saturated carbocycles. The van der Waals surface area contributed by atoms with E-state index in [0.717, 1.165) is 22.9 Å². The smallest absolute Gasteiger partial charge is 0.264 e. The Bertz CT molecular complexity index is 709. The van der Waals surface area contributed by atoms with Crippen molar-refractivity contribution in [2.45, 2.75) is 32.2 Å². The lowest BCUT2D eigenvalue weighted by molar-refractivity contribution is -0.117. The van der Waals surface area contributed by atoms with Gasteiger partial charge in [0.25, 0.3) is 5.91 Å². The summed E-state index contributed by atoms with van der Waals surface area (Å²) in [5.74, 6) is -0.225. The second kappa shape index (κ2) is 5.56. The van der Waals surface area contributed by atoms with E-state index >= 15 is 0 Å². The zero-order valence-corrected chi connectivity index (χ0v) is 12.6. The molecule has 1 aromatic carbocycles. The van der Waals surface area contributed by atoms with Gasteiger partial charge < -0.3 is 4.90 Å². The standard InChI is InChI=1S/C16H16FNO2S/c1-10(19)7-13-3-2-6-18(13)16(20)15-8-11-4-5-12(17)9-14(11)21-15/h4-5,8-9,13H,2-3,6-7H2,1H3. The first-order valence-corrected chi connectivity index (χ1v) is 7.86. The number of likely N-dealkylation sites (tertiary alicyclic amines) is 1.